The van der Waals surface area contributed by atoms with E-state index in [-0.39, 0.29) is 6.09 Å². The normalized spacial score (nSPS) is 16.3. The second-order valence-electron chi connectivity index (χ2n) is 7.99. The molecule has 0 radical (unpaired) electrons. The average molecular weight is 415 g/mol. The Bertz CT molecular complexity index is 765. The Kier molecular flexibility index (Phi) is 8.68. The number of hydrogen-bond donors (Lipinski definition) is 0. The number of rotatable bonds is 9. The van der Waals surface area contributed by atoms with Gasteiger partial charge in [0.1, 0.15) is 0 Å². The summed E-state index contributed by atoms with van der Waals surface area (Å²) in [6.07, 6.45) is 5.28. The molecular weight excluding hydrogens is 380 g/mol. The van der Waals surface area contributed by atoms with Gasteiger partial charge in [-0.15, -0.1) is 0 Å². The summed E-state index contributed by atoms with van der Waals surface area (Å²) in [7, 11) is 0. The van der Waals surface area contributed by atoms with E-state index >= 15 is 0 Å². The Hall–Kier alpha value is -2.41. The minimum Gasteiger partial charge on any atom is -0.449 e. The number of hydrogen-bond acceptors (Lipinski definition) is 6. The highest BCUT2D eigenvalue weighted by Crippen LogP contribution is 2.18. The molecule has 0 aliphatic carbocycles. The zero-order valence-electron chi connectivity index (χ0n) is 18.3. The molecule has 3 rings (SSSR count). The highest BCUT2D eigenvalue weighted by molar-refractivity contribution is 5.67. The van der Waals surface area contributed by atoms with Crippen LogP contribution in [0.5, 0.6) is 0 Å². The van der Waals surface area contributed by atoms with Crippen molar-refractivity contribution in [2.24, 2.45) is 5.92 Å². The van der Waals surface area contributed by atoms with Crippen LogP contribution in [0, 0.1) is 5.92 Å². The third-order valence-electron chi connectivity index (χ3n) is 5.69. The first kappa shape index (κ1) is 22.3. The van der Waals surface area contributed by atoms with Crippen LogP contribution in [-0.2, 0) is 11.3 Å². The standard InChI is InChI=1S/C23H34N4O3/c1-3-5-10-19(4-2)18-29-23(28)27-14-9-13-26(15-16-27)17-21-24-22(30-25-21)20-11-7-6-8-12-20/h6-8,11-12,19H,3-5,9-10,13-18H2,1-2H3. The van der Waals surface area contributed by atoms with Gasteiger partial charge in [0.05, 0.1) is 13.2 Å². The second-order valence-corrected chi connectivity index (χ2v) is 7.99. The number of benzene rings is 1. The van der Waals surface area contributed by atoms with Crippen molar-refractivity contribution >= 4 is 6.09 Å². The molecule has 1 aliphatic heterocycles. The maximum absolute atomic E-state index is 12.5. The maximum atomic E-state index is 12.5. The summed E-state index contributed by atoms with van der Waals surface area (Å²) in [5, 5.41) is 4.12. The lowest BCUT2D eigenvalue weighted by molar-refractivity contribution is 0.0856. The van der Waals surface area contributed by atoms with Crippen LogP contribution < -0.4 is 0 Å². The minimum absolute atomic E-state index is 0.183. The average Bonchev–Trinajstić information content (AvgIpc) is 3.12. The zero-order valence-corrected chi connectivity index (χ0v) is 18.3. The second kappa shape index (κ2) is 11.7. The zero-order chi connectivity index (χ0) is 21.2. The van der Waals surface area contributed by atoms with E-state index in [9.17, 15) is 4.79 Å². The summed E-state index contributed by atoms with van der Waals surface area (Å²) in [5.41, 5.74) is 0.922. The largest absolute Gasteiger partial charge is 0.449 e. The summed E-state index contributed by atoms with van der Waals surface area (Å²) in [6.45, 7) is 8.56. The van der Waals surface area contributed by atoms with E-state index in [4.69, 9.17) is 9.26 Å². The molecule has 0 saturated carbocycles. The predicted molar refractivity (Wildman–Crippen MR) is 116 cm³/mol. The highest BCUT2D eigenvalue weighted by Gasteiger charge is 2.22. The van der Waals surface area contributed by atoms with Crippen LogP contribution in [0.25, 0.3) is 11.5 Å². The third kappa shape index (κ3) is 6.55. The molecule has 2 aromatic rings. The van der Waals surface area contributed by atoms with Gasteiger partial charge in [-0.25, -0.2) is 4.79 Å². The van der Waals surface area contributed by atoms with Crippen molar-refractivity contribution in [3.05, 3.63) is 36.2 Å². The van der Waals surface area contributed by atoms with Crippen LogP contribution >= 0.6 is 0 Å². The van der Waals surface area contributed by atoms with Gasteiger partial charge in [-0.2, -0.15) is 4.98 Å². The Morgan fingerprint density at radius 2 is 2.00 bits per heavy atom. The van der Waals surface area contributed by atoms with Gasteiger partial charge >= 0.3 is 6.09 Å². The maximum Gasteiger partial charge on any atom is 0.409 e. The van der Waals surface area contributed by atoms with Crippen LogP contribution in [0.4, 0.5) is 4.79 Å². The monoisotopic (exact) mass is 414 g/mol. The van der Waals surface area contributed by atoms with Crippen LogP contribution in [0.3, 0.4) is 0 Å². The molecule has 30 heavy (non-hydrogen) atoms. The molecule has 1 aromatic heterocycles. The number of carbonyl (C=O) groups is 1. The van der Waals surface area contributed by atoms with Gasteiger partial charge in [-0.3, -0.25) is 4.90 Å². The van der Waals surface area contributed by atoms with Gasteiger partial charge in [0.15, 0.2) is 5.82 Å². The topological polar surface area (TPSA) is 71.7 Å². The number of ether oxygens (including phenoxy) is 1. The fraction of sp³-hybridized carbons (Fsp3) is 0.609. The minimum atomic E-state index is -0.183. The first-order chi connectivity index (χ1) is 14.7. The Balaban J connectivity index is 1.45. The molecule has 7 heteroatoms. The molecule has 0 N–H and O–H groups in total. The van der Waals surface area contributed by atoms with Crippen molar-refractivity contribution in [2.45, 2.75) is 52.5 Å². The van der Waals surface area contributed by atoms with Crippen molar-refractivity contribution in [3.8, 4) is 11.5 Å². The molecule has 2 heterocycles. The summed E-state index contributed by atoms with van der Waals surface area (Å²) >= 11 is 0. The number of nitrogens with zero attached hydrogens (tertiary/aromatic N) is 4. The molecule has 1 unspecified atom stereocenters. The van der Waals surface area contributed by atoms with Crippen molar-refractivity contribution in [1.29, 1.82) is 0 Å². The molecule has 1 atom stereocenters. The van der Waals surface area contributed by atoms with Crippen LogP contribution in [0.1, 0.15) is 51.8 Å². The summed E-state index contributed by atoms with van der Waals surface area (Å²) in [4.78, 5) is 21.1. The van der Waals surface area contributed by atoms with Crippen molar-refractivity contribution < 1.29 is 14.1 Å². The van der Waals surface area contributed by atoms with Crippen molar-refractivity contribution in [1.82, 2.24) is 19.9 Å². The number of unbranched alkanes of at least 4 members (excludes halogenated alkanes) is 1. The summed E-state index contributed by atoms with van der Waals surface area (Å²) in [5.74, 6) is 1.68. The Morgan fingerprint density at radius 1 is 1.17 bits per heavy atom. The lowest BCUT2D eigenvalue weighted by Crippen LogP contribution is -2.36. The smallest absolute Gasteiger partial charge is 0.409 e. The van der Waals surface area contributed by atoms with Gasteiger partial charge < -0.3 is 14.2 Å². The molecule has 0 spiro atoms. The molecule has 164 valence electrons. The number of amides is 1. The van der Waals surface area contributed by atoms with Gasteiger partial charge in [0.2, 0.25) is 0 Å². The molecule has 1 aliphatic rings. The predicted octanol–water partition coefficient (Wildman–Crippen LogP) is 4.60. The molecule has 7 nitrogen and oxygen atoms in total. The first-order valence-corrected chi connectivity index (χ1v) is 11.2. The van der Waals surface area contributed by atoms with Crippen molar-refractivity contribution in [2.75, 3.05) is 32.8 Å². The van der Waals surface area contributed by atoms with E-state index in [2.05, 4.69) is 28.9 Å². The fourth-order valence-electron chi connectivity index (χ4n) is 3.71. The van der Waals surface area contributed by atoms with E-state index in [1.54, 1.807) is 0 Å². The summed E-state index contributed by atoms with van der Waals surface area (Å²) < 4.78 is 11.0. The molecule has 1 amide bonds. The quantitative estimate of drug-likeness (QED) is 0.597. The van der Waals surface area contributed by atoms with E-state index in [0.29, 0.717) is 37.3 Å². The van der Waals surface area contributed by atoms with E-state index in [1.807, 2.05) is 35.2 Å². The molecular formula is C23H34N4O3. The Labute approximate surface area is 179 Å². The number of carbonyl (C=O) groups excluding carboxylic acids is 1. The van der Waals surface area contributed by atoms with E-state index < -0.39 is 0 Å². The van der Waals surface area contributed by atoms with Gasteiger partial charge in [-0.05, 0) is 30.9 Å². The van der Waals surface area contributed by atoms with Gasteiger partial charge in [-0.1, -0.05) is 56.5 Å². The molecule has 1 fully saturated rings. The molecule has 0 bridgehead atoms. The van der Waals surface area contributed by atoms with Gasteiger partial charge in [0, 0.05) is 31.7 Å². The van der Waals surface area contributed by atoms with Crippen LogP contribution in [-0.4, -0.2) is 58.8 Å². The molecule has 1 saturated heterocycles. The number of aromatic nitrogens is 2. The SMILES string of the molecule is CCCCC(CC)COC(=O)N1CCCN(Cc2noc(-c3ccccc3)n2)CC1. The first-order valence-electron chi connectivity index (χ1n) is 11.2. The van der Waals surface area contributed by atoms with Crippen molar-refractivity contribution in [3.63, 3.8) is 0 Å². The molecule has 1 aromatic carbocycles. The summed E-state index contributed by atoms with van der Waals surface area (Å²) in [6, 6.07) is 9.78. The lowest BCUT2D eigenvalue weighted by atomic mass is 10.0. The highest BCUT2D eigenvalue weighted by atomic mass is 16.6. The fourth-order valence-corrected chi connectivity index (χ4v) is 3.71. The third-order valence-corrected chi connectivity index (χ3v) is 5.69. The van der Waals surface area contributed by atoms with E-state index in [1.165, 1.54) is 12.8 Å². The van der Waals surface area contributed by atoms with Crippen LogP contribution in [0.15, 0.2) is 34.9 Å². The lowest BCUT2D eigenvalue weighted by Gasteiger charge is -2.22. The Morgan fingerprint density at radius 3 is 2.77 bits per heavy atom. The van der Waals surface area contributed by atoms with E-state index in [0.717, 1.165) is 44.5 Å². The van der Waals surface area contributed by atoms with Gasteiger partial charge in [0.25, 0.3) is 5.89 Å². The van der Waals surface area contributed by atoms with Crippen LogP contribution in [0.2, 0.25) is 0 Å².